The van der Waals surface area contributed by atoms with Gasteiger partial charge in [0.05, 0.1) is 38.5 Å². The van der Waals surface area contributed by atoms with Crippen LogP contribution in [0.3, 0.4) is 0 Å². The van der Waals surface area contributed by atoms with E-state index in [1.807, 2.05) is 0 Å². The van der Waals surface area contributed by atoms with E-state index in [1.54, 1.807) is 35.3 Å². The van der Waals surface area contributed by atoms with Gasteiger partial charge in [-0.15, -0.1) is 11.3 Å². The van der Waals surface area contributed by atoms with E-state index in [2.05, 4.69) is 5.10 Å². The summed E-state index contributed by atoms with van der Waals surface area (Å²) >= 11 is 7.42. The number of fused-ring (bicyclic) bond motifs is 1. The number of halogens is 4. The highest BCUT2D eigenvalue weighted by Gasteiger charge is 2.38. The SMILES string of the molecule is Cn1ncc(Cl)c1-c1csc(C(=O)C[C@@H](Cc2ccccc2C(F)(F)F)CN2C(=O)c3ccccc3C2=O)c1. The number of ketones is 1. The lowest BCUT2D eigenvalue weighted by atomic mass is 9.90. The molecule has 1 aliphatic heterocycles. The second-order valence-electron chi connectivity index (χ2n) is 9.28. The van der Waals surface area contributed by atoms with E-state index < -0.39 is 29.5 Å². The van der Waals surface area contributed by atoms with Crippen molar-refractivity contribution in [1.29, 1.82) is 0 Å². The first-order valence-corrected chi connectivity index (χ1v) is 13.2. The number of hydrogen-bond donors (Lipinski definition) is 0. The Kier molecular flexibility index (Phi) is 7.17. The van der Waals surface area contributed by atoms with Gasteiger partial charge in [-0.05, 0) is 42.2 Å². The zero-order valence-corrected chi connectivity index (χ0v) is 22.1. The van der Waals surface area contributed by atoms with Gasteiger partial charge in [0.2, 0.25) is 0 Å². The van der Waals surface area contributed by atoms with Gasteiger partial charge < -0.3 is 0 Å². The summed E-state index contributed by atoms with van der Waals surface area (Å²) in [7, 11) is 1.72. The van der Waals surface area contributed by atoms with Crippen LogP contribution in [0.5, 0.6) is 0 Å². The maximum atomic E-state index is 13.7. The largest absolute Gasteiger partial charge is 0.416 e. The number of imide groups is 1. The molecule has 0 spiro atoms. The smallest absolute Gasteiger partial charge is 0.293 e. The quantitative estimate of drug-likeness (QED) is 0.178. The molecule has 0 saturated carbocycles. The van der Waals surface area contributed by atoms with E-state index >= 15 is 0 Å². The molecule has 1 atom stereocenters. The molecule has 4 aromatic rings. The summed E-state index contributed by atoms with van der Waals surface area (Å²) in [6.45, 7) is -0.198. The summed E-state index contributed by atoms with van der Waals surface area (Å²) in [6, 6.07) is 13.1. The van der Waals surface area contributed by atoms with E-state index in [-0.39, 0.29) is 41.9 Å². The highest BCUT2D eigenvalue weighted by Crippen LogP contribution is 2.35. The first kappa shape index (κ1) is 26.8. The molecule has 39 heavy (non-hydrogen) atoms. The van der Waals surface area contributed by atoms with Gasteiger partial charge in [-0.2, -0.15) is 18.3 Å². The molecule has 6 nitrogen and oxygen atoms in total. The number of thiophene rings is 1. The fourth-order valence-corrected chi connectivity index (χ4v) is 5.97. The first-order valence-electron chi connectivity index (χ1n) is 11.9. The monoisotopic (exact) mass is 571 g/mol. The van der Waals surface area contributed by atoms with E-state index in [9.17, 15) is 27.6 Å². The van der Waals surface area contributed by atoms with Gasteiger partial charge in [0, 0.05) is 31.0 Å². The van der Waals surface area contributed by atoms with Crippen LogP contribution in [0, 0.1) is 5.92 Å². The van der Waals surface area contributed by atoms with Crippen molar-refractivity contribution < 1.29 is 27.6 Å². The summed E-state index contributed by atoms with van der Waals surface area (Å²) in [5.41, 5.74) is 0.974. The Bertz CT molecular complexity index is 1540. The van der Waals surface area contributed by atoms with Crippen LogP contribution in [0.1, 0.15) is 47.9 Å². The number of aryl methyl sites for hydroxylation is 1. The average Bonchev–Trinajstić information content (AvgIpc) is 3.57. The third-order valence-electron chi connectivity index (χ3n) is 6.67. The summed E-state index contributed by atoms with van der Waals surface area (Å²) in [4.78, 5) is 40.8. The lowest BCUT2D eigenvalue weighted by Gasteiger charge is -2.23. The molecule has 3 heterocycles. The Morgan fingerprint density at radius 1 is 1.05 bits per heavy atom. The Morgan fingerprint density at radius 3 is 2.31 bits per heavy atom. The number of carbonyl (C=O) groups excluding carboxylic acids is 3. The molecule has 0 bridgehead atoms. The minimum atomic E-state index is -4.59. The van der Waals surface area contributed by atoms with Crippen molar-refractivity contribution in [3.63, 3.8) is 0 Å². The van der Waals surface area contributed by atoms with E-state index in [1.165, 1.54) is 47.9 Å². The van der Waals surface area contributed by atoms with Gasteiger partial charge in [0.15, 0.2) is 5.78 Å². The molecular weight excluding hydrogens is 551 g/mol. The molecule has 0 aliphatic carbocycles. The second-order valence-corrected chi connectivity index (χ2v) is 10.6. The van der Waals surface area contributed by atoms with Crippen LogP contribution in [0.4, 0.5) is 13.2 Å². The fourth-order valence-electron chi connectivity index (χ4n) is 4.86. The molecule has 2 amide bonds. The van der Waals surface area contributed by atoms with E-state index in [4.69, 9.17) is 11.6 Å². The minimum Gasteiger partial charge on any atom is -0.293 e. The van der Waals surface area contributed by atoms with Crippen LogP contribution >= 0.6 is 22.9 Å². The zero-order chi connectivity index (χ0) is 27.9. The van der Waals surface area contributed by atoms with Crippen LogP contribution in [0.25, 0.3) is 11.3 Å². The van der Waals surface area contributed by atoms with E-state index in [0.29, 0.717) is 21.2 Å². The number of amides is 2. The highest BCUT2D eigenvalue weighted by molar-refractivity contribution is 7.12. The molecule has 1 aliphatic rings. The number of carbonyl (C=O) groups is 3. The number of rotatable bonds is 8. The number of nitrogens with zero attached hydrogens (tertiary/aromatic N) is 3. The van der Waals surface area contributed by atoms with Gasteiger partial charge in [0.1, 0.15) is 0 Å². The number of aromatic nitrogens is 2. The van der Waals surface area contributed by atoms with Crippen LogP contribution in [0.15, 0.2) is 66.2 Å². The predicted molar refractivity (Wildman–Crippen MR) is 141 cm³/mol. The van der Waals surface area contributed by atoms with Gasteiger partial charge in [-0.3, -0.25) is 24.0 Å². The first-order chi connectivity index (χ1) is 18.5. The molecular formula is C28H21ClF3N3O3S. The van der Waals surface area contributed by atoms with Gasteiger partial charge in [-0.1, -0.05) is 41.9 Å². The Morgan fingerprint density at radius 2 is 1.69 bits per heavy atom. The summed E-state index contributed by atoms with van der Waals surface area (Å²) in [6.07, 6.45) is -3.42. The molecule has 2 aromatic heterocycles. The topological polar surface area (TPSA) is 72.3 Å². The zero-order valence-electron chi connectivity index (χ0n) is 20.5. The molecule has 0 unspecified atom stereocenters. The summed E-state index contributed by atoms with van der Waals surface area (Å²) < 4.78 is 42.8. The number of alkyl halides is 3. The Labute approximate surface area is 230 Å². The van der Waals surface area contributed by atoms with Gasteiger partial charge in [0.25, 0.3) is 11.8 Å². The standard InChI is InChI=1S/C28H21ClF3N3O3S/c1-34-25(22(29)13-33-34)18-12-24(39-15-18)23(36)11-16(10-17-6-2-5-9-21(17)28(30,31)32)14-35-26(37)19-7-3-4-8-20(19)27(35)38/h2-9,12-13,15-16H,10-11,14H2,1H3/t16-/m1/s1. The molecule has 0 radical (unpaired) electrons. The van der Waals surface area contributed by atoms with Gasteiger partial charge >= 0.3 is 6.18 Å². The highest BCUT2D eigenvalue weighted by atomic mass is 35.5. The fraction of sp³-hybridized carbons (Fsp3) is 0.214. The van der Waals surface area contributed by atoms with Crippen molar-refractivity contribution in [2.75, 3.05) is 6.54 Å². The molecule has 0 fully saturated rings. The van der Waals surface area contributed by atoms with Crippen LogP contribution in [0.2, 0.25) is 5.02 Å². The molecule has 0 N–H and O–H groups in total. The van der Waals surface area contributed by atoms with Crippen molar-refractivity contribution in [3.8, 4) is 11.3 Å². The summed E-state index contributed by atoms with van der Waals surface area (Å²) in [5.74, 6) is -2.12. The van der Waals surface area contributed by atoms with Crippen molar-refractivity contribution >= 4 is 40.5 Å². The normalized spacial score (nSPS) is 14.1. The average molecular weight is 572 g/mol. The van der Waals surface area contributed by atoms with Crippen LogP contribution in [-0.2, 0) is 19.6 Å². The molecule has 5 rings (SSSR count). The number of Topliss-reactive ketones (excluding diaryl/α,β-unsaturated/α-hetero) is 1. The maximum Gasteiger partial charge on any atom is 0.416 e. The molecule has 200 valence electrons. The lowest BCUT2D eigenvalue weighted by molar-refractivity contribution is -0.138. The molecule has 0 saturated heterocycles. The van der Waals surface area contributed by atoms with Crippen molar-refractivity contribution in [2.45, 2.75) is 19.0 Å². The van der Waals surface area contributed by atoms with Crippen LogP contribution < -0.4 is 0 Å². The van der Waals surface area contributed by atoms with Crippen molar-refractivity contribution in [1.82, 2.24) is 14.7 Å². The lowest BCUT2D eigenvalue weighted by Crippen LogP contribution is -2.36. The number of hydrogen-bond acceptors (Lipinski definition) is 5. The Hall–Kier alpha value is -3.76. The predicted octanol–water partition coefficient (Wildman–Crippen LogP) is 6.55. The van der Waals surface area contributed by atoms with Crippen molar-refractivity contribution in [2.24, 2.45) is 13.0 Å². The summed E-state index contributed by atoms with van der Waals surface area (Å²) in [5, 5.41) is 6.28. The third-order valence-corrected chi connectivity index (χ3v) is 7.91. The maximum absolute atomic E-state index is 13.7. The molecule has 11 heteroatoms. The third kappa shape index (κ3) is 5.26. The second kappa shape index (κ2) is 10.4. The van der Waals surface area contributed by atoms with E-state index in [0.717, 1.165) is 11.0 Å². The number of benzene rings is 2. The minimum absolute atomic E-state index is 0.00653. The van der Waals surface area contributed by atoms with Crippen LogP contribution in [-0.4, -0.2) is 38.8 Å². The molecule has 2 aromatic carbocycles. The Balaban J connectivity index is 1.44. The van der Waals surface area contributed by atoms with Gasteiger partial charge in [-0.25, -0.2) is 0 Å². The van der Waals surface area contributed by atoms with Crippen molar-refractivity contribution in [3.05, 3.63) is 98.3 Å².